The first-order valence-corrected chi connectivity index (χ1v) is 3.92. The van der Waals surface area contributed by atoms with Crippen molar-refractivity contribution < 1.29 is 4.74 Å². The van der Waals surface area contributed by atoms with Crippen molar-refractivity contribution in [3.63, 3.8) is 0 Å². The fourth-order valence-corrected chi connectivity index (χ4v) is 1.02. The molecule has 0 amide bonds. The fraction of sp³-hybridized carbons (Fsp3) is 0.111. The highest BCUT2D eigenvalue weighted by Gasteiger charge is 2.05. The third kappa shape index (κ3) is 2.06. The van der Waals surface area contributed by atoms with E-state index in [4.69, 9.17) is 16.3 Å². The van der Waals surface area contributed by atoms with E-state index in [1.807, 2.05) is 0 Å². The fourth-order valence-electron chi connectivity index (χ4n) is 0.878. The lowest BCUT2D eigenvalue weighted by atomic mass is 10.2. The Kier molecular flexibility index (Phi) is 3.03. The van der Waals surface area contributed by atoms with Gasteiger partial charge >= 0.3 is 0 Å². The highest BCUT2D eigenvalue weighted by molar-refractivity contribution is 6.48. The summed E-state index contributed by atoms with van der Waals surface area (Å²) < 4.78 is 4.92. The molecule has 0 saturated heterocycles. The maximum Gasteiger partial charge on any atom is 0.215 e. The highest BCUT2D eigenvalue weighted by Crippen LogP contribution is 2.29. The van der Waals surface area contributed by atoms with Gasteiger partial charge in [0.1, 0.15) is 0 Å². The van der Waals surface area contributed by atoms with Crippen LogP contribution in [-0.4, -0.2) is 18.8 Å². The Morgan fingerprint density at radius 1 is 1.69 bits per heavy atom. The van der Waals surface area contributed by atoms with Gasteiger partial charge in [-0.1, -0.05) is 18.2 Å². The lowest BCUT2D eigenvalue weighted by Crippen LogP contribution is -1.88. The summed E-state index contributed by atoms with van der Waals surface area (Å²) in [6, 6.07) is 1.65. The van der Waals surface area contributed by atoms with Crippen LogP contribution < -0.4 is 4.74 Å². The molecule has 3 nitrogen and oxygen atoms in total. The molecular formula is C9H9ClN2O. The molecule has 0 aliphatic heterocycles. The highest BCUT2D eigenvalue weighted by atomic mass is 35.5. The summed E-state index contributed by atoms with van der Waals surface area (Å²) in [6.07, 6.45) is 1.55. The predicted octanol–water partition coefficient (Wildman–Crippen LogP) is 2.63. The van der Waals surface area contributed by atoms with Crippen molar-refractivity contribution in [1.82, 2.24) is 4.98 Å². The van der Waals surface area contributed by atoms with Gasteiger partial charge in [0.25, 0.3) is 0 Å². The van der Waals surface area contributed by atoms with E-state index < -0.39 is 0 Å². The molecule has 1 aromatic rings. The summed E-state index contributed by atoms with van der Waals surface area (Å²) in [7, 11) is 1.53. The van der Waals surface area contributed by atoms with Crippen LogP contribution >= 0.6 is 11.6 Å². The largest absolute Gasteiger partial charge is 0.481 e. The third-order valence-electron chi connectivity index (χ3n) is 1.53. The molecule has 1 aromatic heterocycles. The van der Waals surface area contributed by atoms with Crippen LogP contribution in [0.5, 0.6) is 5.88 Å². The molecule has 0 aromatic carbocycles. The zero-order valence-corrected chi connectivity index (χ0v) is 8.01. The third-order valence-corrected chi connectivity index (χ3v) is 1.73. The second-order valence-corrected chi connectivity index (χ2v) is 2.76. The zero-order valence-electron chi connectivity index (χ0n) is 7.25. The van der Waals surface area contributed by atoms with Gasteiger partial charge in [-0.25, -0.2) is 4.98 Å². The number of nitrogens with zero attached hydrogens (tertiary/aromatic N) is 2. The van der Waals surface area contributed by atoms with Crippen LogP contribution in [0.1, 0.15) is 5.56 Å². The molecule has 0 aliphatic rings. The Bertz CT molecular complexity index is 349. The molecule has 4 heteroatoms. The van der Waals surface area contributed by atoms with Gasteiger partial charge in [0.2, 0.25) is 5.88 Å². The standard InChI is InChI=1S/C9H9ClN2O/c1-6(10)7-5-12-9(13-3)4-8(7)11-2/h4-5H,1-2H2,3H3. The van der Waals surface area contributed by atoms with E-state index in [0.717, 1.165) is 0 Å². The molecule has 0 spiro atoms. The van der Waals surface area contributed by atoms with Gasteiger partial charge in [0.15, 0.2) is 0 Å². The number of hydrogen-bond donors (Lipinski definition) is 0. The van der Waals surface area contributed by atoms with E-state index >= 15 is 0 Å². The molecule has 13 heavy (non-hydrogen) atoms. The number of aromatic nitrogens is 1. The van der Waals surface area contributed by atoms with Gasteiger partial charge in [-0.05, 0) is 6.72 Å². The Balaban J connectivity index is 3.23. The number of aliphatic imine (C=N–C) groups is 1. The van der Waals surface area contributed by atoms with Gasteiger partial charge in [-0.2, -0.15) is 0 Å². The molecule has 0 aliphatic carbocycles. The van der Waals surface area contributed by atoms with Gasteiger partial charge in [0, 0.05) is 22.9 Å². The van der Waals surface area contributed by atoms with E-state index in [1.54, 1.807) is 12.3 Å². The molecular weight excluding hydrogens is 188 g/mol. The van der Waals surface area contributed by atoms with Crippen molar-refractivity contribution >= 4 is 29.0 Å². The molecule has 0 N–H and O–H groups in total. The Labute approximate surface area is 81.7 Å². The molecule has 0 bridgehead atoms. The minimum absolute atomic E-state index is 0.387. The van der Waals surface area contributed by atoms with Crippen LogP contribution in [0.2, 0.25) is 0 Å². The number of pyridine rings is 1. The van der Waals surface area contributed by atoms with Crippen LogP contribution in [0.4, 0.5) is 5.69 Å². The molecule has 0 radical (unpaired) electrons. The Morgan fingerprint density at radius 3 is 2.85 bits per heavy atom. The first-order valence-electron chi connectivity index (χ1n) is 3.54. The SMILES string of the molecule is C=Nc1cc(OC)ncc1C(=C)Cl. The zero-order chi connectivity index (χ0) is 9.84. The second kappa shape index (κ2) is 4.05. The molecule has 68 valence electrons. The van der Waals surface area contributed by atoms with E-state index in [1.165, 1.54) is 7.11 Å². The molecule has 0 unspecified atom stereocenters. The summed E-state index contributed by atoms with van der Waals surface area (Å²) in [4.78, 5) is 7.76. The van der Waals surface area contributed by atoms with Crippen molar-refractivity contribution in [1.29, 1.82) is 0 Å². The van der Waals surface area contributed by atoms with Crippen LogP contribution in [-0.2, 0) is 0 Å². The number of rotatable bonds is 3. The summed E-state index contributed by atoms with van der Waals surface area (Å²) in [6.45, 7) is 7.00. The first-order chi connectivity index (χ1) is 6.19. The topological polar surface area (TPSA) is 34.5 Å². The van der Waals surface area contributed by atoms with E-state index in [2.05, 4.69) is 23.3 Å². The van der Waals surface area contributed by atoms with Crippen molar-refractivity contribution in [2.75, 3.05) is 7.11 Å². The monoisotopic (exact) mass is 196 g/mol. The average Bonchev–Trinajstić information content (AvgIpc) is 2.16. The quantitative estimate of drug-likeness (QED) is 0.697. The summed E-state index contributed by atoms with van der Waals surface area (Å²) in [5.74, 6) is 0.476. The summed E-state index contributed by atoms with van der Waals surface area (Å²) in [5, 5.41) is 0.387. The minimum Gasteiger partial charge on any atom is -0.481 e. The Morgan fingerprint density at radius 2 is 2.38 bits per heavy atom. The minimum atomic E-state index is 0.387. The molecule has 0 fully saturated rings. The van der Waals surface area contributed by atoms with Crippen LogP contribution in [0.3, 0.4) is 0 Å². The van der Waals surface area contributed by atoms with Crippen molar-refractivity contribution in [3.05, 3.63) is 24.4 Å². The van der Waals surface area contributed by atoms with Crippen molar-refractivity contribution in [3.8, 4) is 5.88 Å². The molecule has 1 heterocycles. The smallest absolute Gasteiger partial charge is 0.215 e. The number of methoxy groups -OCH3 is 1. The van der Waals surface area contributed by atoms with Crippen LogP contribution in [0, 0.1) is 0 Å². The van der Waals surface area contributed by atoms with Gasteiger partial charge in [-0.3, -0.25) is 4.99 Å². The van der Waals surface area contributed by atoms with E-state index in [9.17, 15) is 0 Å². The second-order valence-electron chi connectivity index (χ2n) is 2.31. The van der Waals surface area contributed by atoms with Crippen LogP contribution in [0.25, 0.3) is 5.03 Å². The van der Waals surface area contributed by atoms with E-state index in [-0.39, 0.29) is 0 Å². The van der Waals surface area contributed by atoms with Crippen molar-refractivity contribution in [2.45, 2.75) is 0 Å². The maximum absolute atomic E-state index is 5.72. The van der Waals surface area contributed by atoms with Gasteiger partial charge in [0.05, 0.1) is 12.8 Å². The normalized spacial score (nSPS) is 9.38. The summed E-state index contributed by atoms with van der Waals surface area (Å²) >= 11 is 5.72. The molecule has 0 saturated carbocycles. The molecule has 1 rings (SSSR count). The number of halogens is 1. The van der Waals surface area contributed by atoms with Gasteiger partial charge < -0.3 is 4.74 Å². The number of ether oxygens (including phenoxy) is 1. The first kappa shape index (κ1) is 9.74. The average molecular weight is 197 g/mol. The molecule has 0 atom stereocenters. The lowest BCUT2D eigenvalue weighted by Gasteiger charge is -2.04. The summed E-state index contributed by atoms with van der Waals surface area (Å²) in [5.41, 5.74) is 1.28. The maximum atomic E-state index is 5.72. The Hall–Kier alpha value is -1.35. The van der Waals surface area contributed by atoms with Gasteiger partial charge in [-0.15, -0.1) is 0 Å². The lowest BCUT2D eigenvalue weighted by molar-refractivity contribution is 0.398. The van der Waals surface area contributed by atoms with Crippen LogP contribution in [0.15, 0.2) is 23.8 Å². The number of hydrogen-bond acceptors (Lipinski definition) is 3. The van der Waals surface area contributed by atoms with E-state index in [0.29, 0.717) is 22.2 Å². The predicted molar refractivity (Wildman–Crippen MR) is 54.9 cm³/mol. The van der Waals surface area contributed by atoms with Crippen molar-refractivity contribution in [2.24, 2.45) is 4.99 Å².